The highest BCUT2D eigenvalue weighted by Crippen LogP contribution is 2.24. The van der Waals surface area contributed by atoms with E-state index in [-0.39, 0.29) is 37.4 Å². The van der Waals surface area contributed by atoms with Gasteiger partial charge in [-0.3, -0.25) is 13.9 Å². The Morgan fingerprint density at radius 1 is 1.05 bits per heavy atom. The van der Waals surface area contributed by atoms with E-state index in [4.69, 9.17) is 11.6 Å². The highest BCUT2D eigenvalue weighted by Gasteiger charge is 2.29. The molecule has 3 rings (SSSR count). The molecule has 0 spiro atoms. The van der Waals surface area contributed by atoms with Crippen molar-refractivity contribution in [3.05, 3.63) is 64.2 Å². The molecule has 0 unspecified atom stereocenters. The molecule has 0 aliphatic heterocycles. The summed E-state index contributed by atoms with van der Waals surface area (Å²) in [4.78, 5) is 28.2. The minimum Gasteiger partial charge on any atom is -0.352 e. The highest BCUT2D eigenvalue weighted by atomic mass is 35.5. The summed E-state index contributed by atoms with van der Waals surface area (Å²) in [6.45, 7) is 6.02. The molecule has 208 valence electrons. The molecule has 1 atom stereocenters. The highest BCUT2D eigenvalue weighted by molar-refractivity contribution is 7.92. The van der Waals surface area contributed by atoms with Gasteiger partial charge in [0.1, 0.15) is 6.04 Å². The fourth-order valence-electron chi connectivity index (χ4n) is 4.85. The first-order chi connectivity index (χ1) is 18.0. The molecule has 1 N–H and O–H groups in total. The lowest BCUT2D eigenvalue weighted by Crippen LogP contribution is -2.50. The molecule has 0 heterocycles. The molecule has 1 saturated carbocycles. The number of nitrogens with zero attached hydrogens (tertiary/aromatic N) is 2. The van der Waals surface area contributed by atoms with Crippen LogP contribution in [0.15, 0.2) is 42.5 Å². The predicted octanol–water partition coefficient (Wildman–Crippen LogP) is 5.37. The first-order valence-electron chi connectivity index (χ1n) is 13.4. The van der Waals surface area contributed by atoms with Gasteiger partial charge in [-0.05, 0) is 74.9 Å². The topological polar surface area (TPSA) is 86.8 Å². The minimum absolute atomic E-state index is 0.0996. The van der Waals surface area contributed by atoms with Crippen LogP contribution in [-0.2, 0) is 26.2 Å². The van der Waals surface area contributed by atoms with Crippen molar-refractivity contribution in [2.24, 2.45) is 0 Å². The molecular formula is C29H40ClN3O4S. The number of anilines is 1. The third-order valence-corrected chi connectivity index (χ3v) is 8.91. The van der Waals surface area contributed by atoms with Crippen molar-refractivity contribution in [3.8, 4) is 0 Å². The normalized spacial score (nSPS) is 15.1. The van der Waals surface area contributed by atoms with E-state index in [9.17, 15) is 18.0 Å². The number of carbonyl (C=O) groups is 2. The fraction of sp³-hybridized carbons (Fsp3) is 0.517. The molecule has 0 saturated heterocycles. The number of sulfonamides is 1. The Morgan fingerprint density at radius 2 is 1.74 bits per heavy atom. The Hall–Kier alpha value is -2.58. The summed E-state index contributed by atoms with van der Waals surface area (Å²) in [5, 5.41) is 3.66. The molecule has 2 amide bonds. The Kier molecular flexibility index (Phi) is 10.6. The van der Waals surface area contributed by atoms with Crippen LogP contribution in [0, 0.1) is 13.8 Å². The number of carbonyl (C=O) groups excluding carboxylic acids is 2. The number of rotatable bonds is 11. The third-order valence-electron chi connectivity index (χ3n) is 7.35. The standard InChI is InChI=1S/C29H40ClN3O4S/c1-21-16-17-26(19-22(21)2)33(38(4,36)37)18-10-15-28(34)32(20-24-11-8-9-14-27(24)30)23(3)29(35)31-25-12-6-5-7-13-25/h8-9,11,14,16-17,19,23,25H,5-7,10,12-13,15,18,20H2,1-4H3,(H,31,35)/t23-/m1/s1. The number of hydrogen-bond donors (Lipinski definition) is 1. The summed E-state index contributed by atoms with van der Waals surface area (Å²) in [5.74, 6) is -0.394. The number of aryl methyl sites for hydroxylation is 2. The van der Waals surface area contributed by atoms with Crippen LogP contribution in [0.1, 0.15) is 68.6 Å². The van der Waals surface area contributed by atoms with E-state index in [1.807, 2.05) is 44.2 Å². The quantitative estimate of drug-likeness (QED) is 0.399. The lowest BCUT2D eigenvalue weighted by molar-refractivity contribution is -0.141. The molecule has 9 heteroatoms. The minimum atomic E-state index is -3.54. The average molecular weight is 562 g/mol. The van der Waals surface area contributed by atoms with Crippen molar-refractivity contribution in [1.29, 1.82) is 0 Å². The number of benzene rings is 2. The molecule has 7 nitrogen and oxygen atoms in total. The molecular weight excluding hydrogens is 522 g/mol. The van der Waals surface area contributed by atoms with E-state index in [0.29, 0.717) is 17.1 Å². The van der Waals surface area contributed by atoms with Gasteiger partial charge >= 0.3 is 0 Å². The monoisotopic (exact) mass is 561 g/mol. The van der Waals surface area contributed by atoms with Gasteiger partial charge < -0.3 is 10.2 Å². The predicted molar refractivity (Wildman–Crippen MR) is 154 cm³/mol. The lowest BCUT2D eigenvalue weighted by atomic mass is 9.95. The maximum absolute atomic E-state index is 13.5. The summed E-state index contributed by atoms with van der Waals surface area (Å²) in [6, 6.07) is 12.3. The van der Waals surface area contributed by atoms with Gasteiger partial charge in [-0.25, -0.2) is 8.42 Å². The van der Waals surface area contributed by atoms with Crippen molar-refractivity contribution in [2.75, 3.05) is 17.1 Å². The van der Waals surface area contributed by atoms with Crippen LogP contribution in [-0.4, -0.2) is 50.0 Å². The molecule has 0 bridgehead atoms. The van der Waals surface area contributed by atoms with Crippen LogP contribution >= 0.6 is 11.6 Å². The first kappa shape index (κ1) is 30.0. The molecule has 1 fully saturated rings. The number of halogens is 1. The molecule has 1 aliphatic rings. The van der Waals surface area contributed by atoms with E-state index < -0.39 is 16.1 Å². The fourth-order valence-corrected chi connectivity index (χ4v) is 6.00. The average Bonchev–Trinajstić information content (AvgIpc) is 2.87. The summed E-state index contributed by atoms with van der Waals surface area (Å²) in [7, 11) is -3.54. The van der Waals surface area contributed by atoms with Crippen LogP contribution in [0.5, 0.6) is 0 Å². The van der Waals surface area contributed by atoms with E-state index in [1.54, 1.807) is 24.0 Å². The van der Waals surface area contributed by atoms with Crippen molar-refractivity contribution in [3.63, 3.8) is 0 Å². The zero-order valence-corrected chi connectivity index (χ0v) is 24.4. The van der Waals surface area contributed by atoms with Gasteiger partial charge in [0.15, 0.2) is 0 Å². The smallest absolute Gasteiger partial charge is 0.242 e. The maximum Gasteiger partial charge on any atom is 0.242 e. The first-order valence-corrected chi connectivity index (χ1v) is 15.6. The van der Waals surface area contributed by atoms with E-state index in [1.165, 1.54) is 17.0 Å². The van der Waals surface area contributed by atoms with Gasteiger partial charge in [-0.1, -0.05) is 55.1 Å². The lowest BCUT2D eigenvalue weighted by Gasteiger charge is -2.31. The van der Waals surface area contributed by atoms with Crippen LogP contribution in [0.3, 0.4) is 0 Å². The summed E-state index contributed by atoms with van der Waals surface area (Å²) < 4.78 is 26.5. The van der Waals surface area contributed by atoms with Crippen molar-refractivity contribution in [2.45, 2.75) is 84.3 Å². The van der Waals surface area contributed by atoms with E-state index in [2.05, 4.69) is 5.32 Å². The van der Waals surface area contributed by atoms with E-state index in [0.717, 1.165) is 42.4 Å². The van der Waals surface area contributed by atoms with Gasteiger partial charge in [0.25, 0.3) is 0 Å². The van der Waals surface area contributed by atoms with Crippen LogP contribution in [0.2, 0.25) is 5.02 Å². The summed E-state index contributed by atoms with van der Waals surface area (Å²) >= 11 is 6.39. The molecule has 38 heavy (non-hydrogen) atoms. The van der Waals surface area contributed by atoms with Gasteiger partial charge in [-0.2, -0.15) is 0 Å². The third kappa shape index (κ3) is 8.21. The van der Waals surface area contributed by atoms with Crippen LogP contribution < -0.4 is 9.62 Å². The Balaban J connectivity index is 1.73. The zero-order valence-electron chi connectivity index (χ0n) is 22.9. The SMILES string of the molecule is Cc1ccc(N(CCCC(=O)N(Cc2ccccc2Cl)[C@H](C)C(=O)NC2CCCCC2)S(C)(=O)=O)cc1C. The summed E-state index contributed by atoms with van der Waals surface area (Å²) in [5.41, 5.74) is 3.41. The maximum atomic E-state index is 13.5. The zero-order chi connectivity index (χ0) is 27.9. The van der Waals surface area contributed by atoms with Crippen LogP contribution in [0.25, 0.3) is 0 Å². The van der Waals surface area contributed by atoms with Gasteiger partial charge in [0, 0.05) is 30.6 Å². The van der Waals surface area contributed by atoms with E-state index >= 15 is 0 Å². The largest absolute Gasteiger partial charge is 0.352 e. The number of hydrogen-bond acceptors (Lipinski definition) is 4. The molecule has 2 aromatic rings. The second-order valence-corrected chi connectivity index (χ2v) is 12.7. The second-order valence-electron chi connectivity index (χ2n) is 10.3. The van der Waals surface area contributed by atoms with Gasteiger partial charge in [0.05, 0.1) is 11.9 Å². The molecule has 2 aromatic carbocycles. The molecule has 0 radical (unpaired) electrons. The Bertz CT molecular complexity index is 1230. The van der Waals surface area contributed by atoms with Crippen molar-refractivity contribution < 1.29 is 18.0 Å². The van der Waals surface area contributed by atoms with Gasteiger partial charge in [-0.15, -0.1) is 0 Å². The van der Waals surface area contributed by atoms with Crippen LogP contribution in [0.4, 0.5) is 5.69 Å². The molecule has 1 aliphatic carbocycles. The Morgan fingerprint density at radius 3 is 2.37 bits per heavy atom. The molecule has 0 aromatic heterocycles. The number of amides is 2. The van der Waals surface area contributed by atoms with Crippen molar-refractivity contribution in [1.82, 2.24) is 10.2 Å². The number of nitrogens with one attached hydrogen (secondary N) is 1. The Labute approximate surface area is 232 Å². The van der Waals surface area contributed by atoms with Gasteiger partial charge in [0.2, 0.25) is 21.8 Å². The van der Waals surface area contributed by atoms with Crippen molar-refractivity contribution >= 4 is 39.1 Å². The second kappa shape index (κ2) is 13.5. The summed E-state index contributed by atoms with van der Waals surface area (Å²) in [6.07, 6.45) is 6.87.